The smallest absolute Gasteiger partial charge is 0.254 e. The zero-order valence-electron chi connectivity index (χ0n) is 24.9. The Morgan fingerprint density at radius 1 is 0.610 bits per heavy atom. The third-order valence-electron chi connectivity index (χ3n) is 5.58. The molecule has 1 rings (SSSR count). The largest absolute Gasteiger partial charge is 0.383 e. The zero-order valence-corrected chi connectivity index (χ0v) is 25.7. The molecule has 0 atom stereocenters. The molecule has 0 saturated carbocycles. The highest BCUT2D eigenvalue weighted by molar-refractivity contribution is 7.91. The number of hydrogen-bond donors (Lipinski definition) is 0. The van der Waals surface area contributed by atoms with Gasteiger partial charge in [0, 0.05) is 32.9 Å². The summed E-state index contributed by atoms with van der Waals surface area (Å²) in [6.45, 7) is 9.15. The molecule has 0 aliphatic rings. The number of benzene rings is 1. The molecule has 0 bridgehead atoms. The van der Waals surface area contributed by atoms with Gasteiger partial charge in [0.05, 0.1) is 103 Å². The van der Waals surface area contributed by atoms with Crippen molar-refractivity contribution < 1.29 is 51.1 Å². The van der Waals surface area contributed by atoms with E-state index in [1.54, 1.807) is 31.3 Å². The van der Waals surface area contributed by atoms with Crippen LogP contribution in [0.4, 0.5) is 0 Å². The Kier molecular flexibility index (Phi) is 22.7. The highest BCUT2D eigenvalue weighted by Gasteiger charge is 2.18. The van der Waals surface area contributed by atoms with Gasteiger partial charge < -0.3 is 42.8 Å². The van der Waals surface area contributed by atoms with Crippen LogP contribution >= 0.6 is 0 Å². The van der Waals surface area contributed by atoms with Crippen LogP contribution in [-0.4, -0.2) is 145 Å². The number of carbonyl (C=O) groups is 1. The van der Waals surface area contributed by atoms with Crippen molar-refractivity contribution in [1.82, 2.24) is 4.90 Å². The second-order valence-corrected chi connectivity index (χ2v) is 10.9. The minimum atomic E-state index is -3.33. The first kappa shape index (κ1) is 37.3. The predicted octanol–water partition coefficient (Wildman–Crippen LogP) is 1.70. The highest BCUT2D eigenvalue weighted by Crippen LogP contribution is 2.15. The molecule has 13 heteroatoms. The third-order valence-corrected chi connectivity index (χ3v) is 7.52. The molecule has 0 unspecified atom stereocenters. The van der Waals surface area contributed by atoms with E-state index in [-0.39, 0.29) is 16.6 Å². The maximum absolute atomic E-state index is 13.0. The fraction of sp³-hybridized carbons (Fsp3) is 0.750. The van der Waals surface area contributed by atoms with Crippen molar-refractivity contribution in [2.24, 2.45) is 0 Å². The van der Waals surface area contributed by atoms with Crippen molar-refractivity contribution in [3.8, 4) is 0 Å². The van der Waals surface area contributed by atoms with Crippen molar-refractivity contribution >= 4 is 15.7 Å². The van der Waals surface area contributed by atoms with E-state index in [9.17, 15) is 13.2 Å². The standard InChI is InChI=1S/C28H49NO11S/c1-4-25-41(31,32)27-7-5-26(6-8-27)28(30)29(9-11-33-2)10-12-35-15-16-37-19-20-39-23-24-40-22-21-38-18-17-36-14-13-34-3/h5-8H,4,9-25H2,1-3H3. The minimum Gasteiger partial charge on any atom is -0.383 e. The first-order valence-corrected chi connectivity index (χ1v) is 15.7. The third kappa shape index (κ3) is 18.5. The van der Waals surface area contributed by atoms with Gasteiger partial charge in [0.15, 0.2) is 9.84 Å². The normalized spacial score (nSPS) is 11.7. The molecule has 0 aromatic heterocycles. The molecule has 1 amide bonds. The average molecular weight is 608 g/mol. The van der Waals surface area contributed by atoms with Crippen LogP contribution in [0.1, 0.15) is 23.7 Å². The maximum atomic E-state index is 13.0. The summed E-state index contributed by atoms with van der Waals surface area (Å²) >= 11 is 0. The van der Waals surface area contributed by atoms with Crippen molar-refractivity contribution in [3.05, 3.63) is 29.8 Å². The molecule has 0 radical (unpaired) electrons. The van der Waals surface area contributed by atoms with Gasteiger partial charge in [0.1, 0.15) is 0 Å². The molecular weight excluding hydrogens is 558 g/mol. The number of carbonyl (C=O) groups excluding carboxylic acids is 1. The van der Waals surface area contributed by atoms with E-state index in [1.807, 2.05) is 6.92 Å². The van der Waals surface area contributed by atoms with Crippen LogP contribution in [0.25, 0.3) is 0 Å². The fourth-order valence-electron chi connectivity index (χ4n) is 3.41. The number of methoxy groups -OCH3 is 2. The molecule has 1 aromatic carbocycles. The summed E-state index contributed by atoms with van der Waals surface area (Å²) in [5, 5.41) is 0. The summed E-state index contributed by atoms with van der Waals surface area (Å²) in [6, 6.07) is 6.06. The Morgan fingerprint density at radius 2 is 1.00 bits per heavy atom. The summed E-state index contributed by atoms with van der Waals surface area (Å²) < 4.78 is 67.2. The second kappa shape index (κ2) is 24.9. The lowest BCUT2D eigenvalue weighted by atomic mass is 10.2. The van der Waals surface area contributed by atoms with Crippen molar-refractivity contribution in [1.29, 1.82) is 0 Å². The van der Waals surface area contributed by atoms with Crippen molar-refractivity contribution in [2.45, 2.75) is 18.2 Å². The van der Waals surface area contributed by atoms with Gasteiger partial charge in [-0.2, -0.15) is 0 Å². The molecule has 0 aliphatic carbocycles. The van der Waals surface area contributed by atoms with Gasteiger partial charge in [-0.05, 0) is 30.7 Å². The van der Waals surface area contributed by atoms with E-state index in [1.165, 1.54) is 12.1 Å². The molecule has 238 valence electrons. The van der Waals surface area contributed by atoms with Crippen molar-refractivity contribution in [2.75, 3.05) is 126 Å². The van der Waals surface area contributed by atoms with Crippen LogP contribution < -0.4 is 0 Å². The first-order chi connectivity index (χ1) is 20.0. The number of amides is 1. The van der Waals surface area contributed by atoms with E-state index in [0.29, 0.717) is 118 Å². The monoisotopic (exact) mass is 607 g/mol. The Labute approximate surface area is 245 Å². The van der Waals surface area contributed by atoms with Crippen LogP contribution in [0, 0.1) is 0 Å². The molecule has 12 nitrogen and oxygen atoms in total. The van der Waals surface area contributed by atoms with Gasteiger partial charge in [-0.15, -0.1) is 0 Å². The van der Waals surface area contributed by atoms with Crippen LogP contribution in [-0.2, 0) is 47.7 Å². The molecule has 0 heterocycles. The Bertz CT molecular complexity index is 868. The summed E-state index contributed by atoms with van der Waals surface area (Å²) in [7, 11) is -0.124. The van der Waals surface area contributed by atoms with E-state index >= 15 is 0 Å². The molecule has 0 aliphatic heterocycles. The maximum Gasteiger partial charge on any atom is 0.254 e. The number of sulfone groups is 1. The molecule has 0 N–H and O–H groups in total. The first-order valence-electron chi connectivity index (χ1n) is 14.0. The van der Waals surface area contributed by atoms with Gasteiger partial charge in [0.25, 0.3) is 5.91 Å². The Balaban J connectivity index is 2.10. The lowest BCUT2D eigenvalue weighted by molar-refractivity contribution is -0.0196. The Hall–Kier alpha value is -1.68. The van der Waals surface area contributed by atoms with E-state index in [0.717, 1.165) is 0 Å². The van der Waals surface area contributed by atoms with Gasteiger partial charge in [-0.25, -0.2) is 8.42 Å². The van der Waals surface area contributed by atoms with Gasteiger partial charge in [-0.1, -0.05) is 6.92 Å². The summed E-state index contributed by atoms with van der Waals surface area (Å²) in [5.74, 6) is -0.133. The molecule has 0 spiro atoms. The molecule has 41 heavy (non-hydrogen) atoms. The number of hydrogen-bond acceptors (Lipinski definition) is 11. The highest BCUT2D eigenvalue weighted by atomic mass is 32.2. The van der Waals surface area contributed by atoms with Crippen molar-refractivity contribution in [3.63, 3.8) is 0 Å². The average Bonchev–Trinajstić information content (AvgIpc) is 2.97. The number of ether oxygens (including phenoxy) is 8. The van der Waals surface area contributed by atoms with Gasteiger partial charge in [0.2, 0.25) is 0 Å². The van der Waals surface area contributed by atoms with Crippen LogP contribution in [0.5, 0.6) is 0 Å². The fourth-order valence-corrected chi connectivity index (χ4v) is 4.73. The minimum absolute atomic E-state index is 0.0769. The number of nitrogens with zero attached hydrogens (tertiary/aromatic N) is 1. The summed E-state index contributed by atoms with van der Waals surface area (Å²) in [4.78, 5) is 14.8. The van der Waals surface area contributed by atoms with Gasteiger partial charge in [-0.3, -0.25) is 4.79 Å². The summed E-state index contributed by atoms with van der Waals surface area (Å²) in [5.41, 5.74) is 0.415. The zero-order chi connectivity index (χ0) is 30.0. The molecule has 0 saturated heterocycles. The Morgan fingerprint density at radius 3 is 1.41 bits per heavy atom. The number of rotatable bonds is 28. The molecule has 1 aromatic rings. The van der Waals surface area contributed by atoms with Crippen LogP contribution in [0.3, 0.4) is 0 Å². The van der Waals surface area contributed by atoms with Crippen LogP contribution in [0.15, 0.2) is 29.2 Å². The second-order valence-electron chi connectivity index (χ2n) is 8.80. The molecule has 0 fully saturated rings. The van der Waals surface area contributed by atoms with Crippen LogP contribution in [0.2, 0.25) is 0 Å². The lowest BCUT2D eigenvalue weighted by Gasteiger charge is -2.22. The summed E-state index contributed by atoms with van der Waals surface area (Å²) in [6.07, 6.45) is 0.535. The van der Waals surface area contributed by atoms with Gasteiger partial charge >= 0.3 is 0 Å². The predicted molar refractivity (Wildman–Crippen MR) is 153 cm³/mol. The topological polar surface area (TPSA) is 128 Å². The lowest BCUT2D eigenvalue weighted by Crippen LogP contribution is -2.36. The van der Waals surface area contributed by atoms with E-state index < -0.39 is 9.84 Å². The molecular formula is C28H49NO11S. The van der Waals surface area contributed by atoms with E-state index in [2.05, 4.69) is 0 Å². The quantitative estimate of drug-likeness (QED) is 0.129. The SMILES string of the molecule is CCCS(=O)(=O)c1ccc(C(=O)N(CCOC)CCOCCOCCOCCOCCOCCOCCOC)cc1. The van der Waals surface area contributed by atoms with E-state index in [4.69, 9.17) is 37.9 Å².